The van der Waals surface area contributed by atoms with Crippen LogP contribution in [0.4, 0.5) is 0 Å². The minimum Gasteiger partial charge on any atom is -0.454 e. The summed E-state index contributed by atoms with van der Waals surface area (Å²) in [6.07, 6.45) is 1.59. The summed E-state index contributed by atoms with van der Waals surface area (Å²) in [6, 6.07) is 9.03. The van der Waals surface area contributed by atoms with Gasteiger partial charge in [-0.1, -0.05) is 6.07 Å². The molecule has 1 aliphatic heterocycles. The van der Waals surface area contributed by atoms with E-state index in [1.54, 1.807) is 18.3 Å². The predicted octanol–water partition coefficient (Wildman–Crippen LogP) is 2.50. The lowest BCUT2D eigenvalue weighted by Crippen LogP contribution is -2.23. The lowest BCUT2D eigenvalue weighted by Gasteiger charge is -2.06. The number of nitrogens with zero attached hydrogens (tertiary/aromatic N) is 1. The van der Waals surface area contributed by atoms with Crippen molar-refractivity contribution in [1.82, 2.24) is 10.3 Å². The molecule has 1 N–H and O–H groups in total. The summed E-state index contributed by atoms with van der Waals surface area (Å²) in [6.45, 7) is 0.654. The van der Waals surface area contributed by atoms with Gasteiger partial charge in [0.1, 0.15) is 5.69 Å². The van der Waals surface area contributed by atoms with Crippen molar-refractivity contribution in [3.8, 4) is 11.5 Å². The number of aromatic nitrogens is 1. The van der Waals surface area contributed by atoms with E-state index in [4.69, 9.17) is 9.47 Å². The van der Waals surface area contributed by atoms with Gasteiger partial charge in [-0.05, 0) is 45.8 Å². The monoisotopic (exact) mass is 334 g/mol. The topological polar surface area (TPSA) is 60.5 Å². The van der Waals surface area contributed by atoms with Gasteiger partial charge in [0, 0.05) is 17.2 Å². The summed E-state index contributed by atoms with van der Waals surface area (Å²) < 4.78 is 11.4. The van der Waals surface area contributed by atoms with Gasteiger partial charge in [-0.2, -0.15) is 0 Å². The van der Waals surface area contributed by atoms with Crippen LogP contribution >= 0.6 is 15.9 Å². The molecule has 0 bridgehead atoms. The zero-order chi connectivity index (χ0) is 13.9. The maximum absolute atomic E-state index is 11.9. The van der Waals surface area contributed by atoms with Gasteiger partial charge in [0.05, 0.1) is 0 Å². The fourth-order valence-electron chi connectivity index (χ4n) is 1.83. The molecule has 0 spiro atoms. The number of amides is 1. The van der Waals surface area contributed by atoms with Crippen LogP contribution in [0.3, 0.4) is 0 Å². The summed E-state index contributed by atoms with van der Waals surface area (Å²) in [4.78, 5) is 16.0. The number of nitrogens with one attached hydrogen (secondary N) is 1. The van der Waals surface area contributed by atoms with Crippen molar-refractivity contribution in [1.29, 1.82) is 0 Å². The Morgan fingerprint density at radius 2 is 2.10 bits per heavy atom. The number of hydrogen-bond acceptors (Lipinski definition) is 4. The molecule has 102 valence electrons. The number of hydrogen-bond donors (Lipinski definition) is 1. The standard InChI is InChI=1S/C14H11BrN2O3/c15-10-2-3-11(16-7-10)14(18)17-6-9-1-4-12-13(5-9)20-8-19-12/h1-5,7H,6,8H2,(H,17,18). The van der Waals surface area contributed by atoms with E-state index in [1.807, 2.05) is 18.2 Å². The van der Waals surface area contributed by atoms with Crippen molar-refractivity contribution >= 4 is 21.8 Å². The van der Waals surface area contributed by atoms with E-state index in [0.717, 1.165) is 15.8 Å². The first-order valence-corrected chi connectivity index (χ1v) is 6.80. The van der Waals surface area contributed by atoms with Gasteiger partial charge in [-0.15, -0.1) is 0 Å². The first-order valence-electron chi connectivity index (χ1n) is 6.01. The highest BCUT2D eigenvalue weighted by Gasteiger charge is 2.13. The molecule has 2 aromatic rings. The second kappa shape index (κ2) is 5.50. The highest BCUT2D eigenvalue weighted by molar-refractivity contribution is 9.10. The number of carbonyl (C=O) groups is 1. The van der Waals surface area contributed by atoms with E-state index >= 15 is 0 Å². The van der Waals surface area contributed by atoms with Crippen LogP contribution in [0.5, 0.6) is 11.5 Å². The first kappa shape index (κ1) is 12.9. The third-order valence-electron chi connectivity index (χ3n) is 2.85. The van der Waals surface area contributed by atoms with E-state index < -0.39 is 0 Å². The van der Waals surface area contributed by atoms with E-state index in [-0.39, 0.29) is 12.7 Å². The molecular formula is C14H11BrN2O3. The molecule has 6 heteroatoms. The summed E-state index contributed by atoms with van der Waals surface area (Å²) >= 11 is 3.28. The van der Waals surface area contributed by atoms with Crippen molar-refractivity contribution in [2.75, 3.05) is 6.79 Å². The second-order valence-electron chi connectivity index (χ2n) is 4.23. The Morgan fingerprint density at radius 3 is 2.90 bits per heavy atom. The molecule has 0 unspecified atom stereocenters. The van der Waals surface area contributed by atoms with Crippen LogP contribution in [-0.4, -0.2) is 17.7 Å². The van der Waals surface area contributed by atoms with Crippen molar-refractivity contribution in [2.24, 2.45) is 0 Å². The maximum Gasteiger partial charge on any atom is 0.270 e. The summed E-state index contributed by atoms with van der Waals surface area (Å²) in [5.41, 5.74) is 1.33. The lowest BCUT2D eigenvalue weighted by molar-refractivity contribution is 0.0946. The first-order chi connectivity index (χ1) is 9.72. The maximum atomic E-state index is 11.9. The average molecular weight is 335 g/mol. The number of ether oxygens (including phenoxy) is 2. The quantitative estimate of drug-likeness (QED) is 0.936. The van der Waals surface area contributed by atoms with Gasteiger partial charge in [-0.3, -0.25) is 4.79 Å². The highest BCUT2D eigenvalue weighted by atomic mass is 79.9. The summed E-state index contributed by atoms with van der Waals surface area (Å²) in [5, 5.41) is 2.81. The number of pyridine rings is 1. The van der Waals surface area contributed by atoms with Gasteiger partial charge in [0.2, 0.25) is 6.79 Å². The van der Waals surface area contributed by atoms with Crippen LogP contribution in [0.15, 0.2) is 41.0 Å². The fourth-order valence-corrected chi connectivity index (χ4v) is 2.07. The minimum absolute atomic E-state index is 0.213. The Kier molecular flexibility index (Phi) is 3.56. The number of fused-ring (bicyclic) bond motifs is 1. The van der Waals surface area contributed by atoms with Crippen LogP contribution < -0.4 is 14.8 Å². The predicted molar refractivity (Wildman–Crippen MR) is 75.7 cm³/mol. The van der Waals surface area contributed by atoms with Gasteiger partial charge in [0.25, 0.3) is 5.91 Å². The number of carbonyl (C=O) groups excluding carboxylic acids is 1. The number of benzene rings is 1. The van der Waals surface area contributed by atoms with Crippen LogP contribution in [-0.2, 0) is 6.54 Å². The van der Waals surface area contributed by atoms with Crippen LogP contribution in [0.25, 0.3) is 0 Å². The van der Waals surface area contributed by atoms with Gasteiger partial charge >= 0.3 is 0 Å². The highest BCUT2D eigenvalue weighted by Crippen LogP contribution is 2.32. The Hall–Kier alpha value is -2.08. The molecule has 1 aromatic carbocycles. The van der Waals surface area contributed by atoms with Gasteiger partial charge in [0.15, 0.2) is 11.5 Å². The number of rotatable bonds is 3. The van der Waals surface area contributed by atoms with E-state index in [9.17, 15) is 4.79 Å². The molecule has 1 aliphatic rings. The molecule has 0 saturated heterocycles. The molecule has 1 amide bonds. The molecule has 0 fully saturated rings. The number of halogens is 1. The Balaban J connectivity index is 1.64. The van der Waals surface area contributed by atoms with Gasteiger partial charge < -0.3 is 14.8 Å². The molecule has 0 atom stereocenters. The molecule has 1 aromatic heterocycles. The third kappa shape index (κ3) is 2.75. The van der Waals surface area contributed by atoms with Crippen molar-refractivity contribution < 1.29 is 14.3 Å². The molecule has 2 heterocycles. The molecule has 0 aliphatic carbocycles. The van der Waals surface area contributed by atoms with Crippen molar-refractivity contribution in [3.05, 3.63) is 52.3 Å². The zero-order valence-corrected chi connectivity index (χ0v) is 12.0. The lowest BCUT2D eigenvalue weighted by atomic mass is 10.2. The van der Waals surface area contributed by atoms with Crippen LogP contribution in [0.1, 0.15) is 16.1 Å². The largest absolute Gasteiger partial charge is 0.454 e. The normalized spacial score (nSPS) is 12.2. The Morgan fingerprint density at radius 1 is 1.25 bits per heavy atom. The van der Waals surface area contributed by atoms with Crippen LogP contribution in [0, 0.1) is 0 Å². The molecule has 0 radical (unpaired) electrons. The smallest absolute Gasteiger partial charge is 0.270 e. The van der Waals surface area contributed by atoms with E-state index in [1.165, 1.54) is 0 Å². The van der Waals surface area contributed by atoms with Gasteiger partial charge in [-0.25, -0.2) is 4.98 Å². The molecule has 3 rings (SSSR count). The van der Waals surface area contributed by atoms with E-state index in [2.05, 4.69) is 26.2 Å². The minimum atomic E-state index is -0.213. The Bertz CT molecular complexity index is 643. The molecule has 0 saturated carbocycles. The summed E-state index contributed by atoms with van der Waals surface area (Å²) in [7, 11) is 0. The zero-order valence-electron chi connectivity index (χ0n) is 10.4. The fraction of sp³-hybridized carbons (Fsp3) is 0.143. The van der Waals surface area contributed by atoms with Crippen molar-refractivity contribution in [2.45, 2.75) is 6.54 Å². The molecule has 20 heavy (non-hydrogen) atoms. The molecular weight excluding hydrogens is 324 g/mol. The SMILES string of the molecule is O=C(NCc1ccc2c(c1)OCO2)c1ccc(Br)cn1. The Labute approximate surface area is 124 Å². The summed E-state index contributed by atoms with van der Waals surface area (Å²) in [5.74, 6) is 1.23. The van der Waals surface area contributed by atoms with E-state index in [0.29, 0.717) is 18.0 Å². The molecule has 5 nitrogen and oxygen atoms in total. The third-order valence-corrected chi connectivity index (χ3v) is 3.32. The average Bonchev–Trinajstić information content (AvgIpc) is 2.93. The van der Waals surface area contributed by atoms with Crippen LogP contribution in [0.2, 0.25) is 0 Å². The van der Waals surface area contributed by atoms with Crippen molar-refractivity contribution in [3.63, 3.8) is 0 Å². The second-order valence-corrected chi connectivity index (χ2v) is 5.15.